The minimum atomic E-state index is 0.0776. The van der Waals surface area contributed by atoms with Crippen molar-refractivity contribution in [3.8, 4) is 0 Å². The van der Waals surface area contributed by atoms with Crippen LogP contribution in [0.25, 0.3) is 11.0 Å². The smallest absolute Gasteiger partial charge is 0.115 e. The average Bonchev–Trinajstić information content (AvgIpc) is 2.83. The summed E-state index contributed by atoms with van der Waals surface area (Å²) in [4.78, 5) is 7.35. The van der Waals surface area contributed by atoms with Gasteiger partial charge in [-0.2, -0.15) is 0 Å². The molecule has 2 rings (SSSR count). The molecule has 0 saturated carbocycles. The zero-order valence-corrected chi connectivity index (χ0v) is 14.2. The zero-order valence-electron chi connectivity index (χ0n) is 14.2. The van der Waals surface area contributed by atoms with Gasteiger partial charge in [0.25, 0.3) is 0 Å². The Labute approximate surface area is 129 Å². The van der Waals surface area contributed by atoms with Gasteiger partial charge < -0.3 is 9.47 Å². The number of rotatable bonds is 6. The predicted octanol–water partition coefficient (Wildman–Crippen LogP) is 4.07. The summed E-state index contributed by atoms with van der Waals surface area (Å²) in [7, 11) is 0. The summed E-state index contributed by atoms with van der Waals surface area (Å²) < 4.78 is 2.42. The molecule has 21 heavy (non-hydrogen) atoms. The molecular formula is C18H29N3. The van der Waals surface area contributed by atoms with Crippen LogP contribution in [0.1, 0.15) is 46.9 Å². The number of aryl methyl sites for hydroxylation is 1. The Hall–Kier alpha value is -1.35. The molecule has 0 spiro atoms. The Kier molecular flexibility index (Phi) is 5.04. The Morgan fingerprint density at radius 1 is 1.10 bits per heavy atom. The molecule has 1 heterocycles. The average molecular weight is 287 g/mol. The minimum absolute atomic E-state index is 0.0776. The second-order valence-electron chi connectivity index (χ2n) is 6.71. The third kappa shape index (κ3) is 3.65. The van der Waals surface area contributed by atoms with Crippen LogP contribution in [-0.2, 0) is 12.0 Å². The number of hydrogen-bond acceptors (Lipinski definition) is 2. The van der Waals surface area contributed by atoms with Crippen LogP contribution in [0.5, 0.6) is 0 Å². The van der Waals surface area contributed by atoms with E-state index in [1.165, 1.54) is 17.8 Å². The highest BCUT2D eigenvalue weighted by Gasteiger charge is 2.22. The summed E-state index contributed by atoms with van der Waals surface area (Å²) in [5.74, 6) is 1.20. The molecule has 3 heteroatoms. The van der Waals surface area contributed by atoms with Gasteiger partial charge in [-0.25, -0.2) is 4.98 Å². The van der Waals surface area contributed by atoms with Crippen molar-refractivity contribution < 1.29 is 0 Å². The summed E-state index contributed by atoms with van der Waals surface area (Å²) in [6.07, 6.45) is 1.17. The lowest BCUT2D eigenvalue weighted by Crippen LogP contribution is -2.26. The molecular weight excluding hydrogens is 258 g/mol. The summed E-state index contributed by atoms with van der Waals surface area (Å²) in [5, 5.41) is 0. The molecule has 0 unspecified atom stereocenters. The van der Waals surface area contributed by atoms with Crippen LogP contribution >= 0.6 is 0 Å². The van der Waals surface area contributed by atoms with Crippen LogP contribution in [-0.4, -0.2) is 34.1 Å². The largest absolute Gasteiger partial charge is 0.327 e. The molecule has 3 nitrogen and oxygen atoms in total. The summed E-state index contributed by atoms with van der Waals surface area (Å²) >= 11 is 0. The molecule has 1 aromatic heterocycles. The number of para-hydroxylation sites is 2. The molecule has 0 aliphatic heterocycles. The second kappa shape index (κ2) is 6.61. The van der Waals surface area contributed by atoms with Crippen molar-refractivity contribution in [3.05, 3.63) is 30.1 Å². The van der Waals surface area contributed by atoms with Gasteiger partial charge in [0.05, 0.1) is 11.0 Å². The number of nitrogens with zero attached hydrogens (tertiary/aromatic N) is 3. The first-order valence-electron chi connectivity index (χ1n) is 8.15. The maximum atomic E-state index is 4.87. The molecule has 0 saturated heterocycles. The highest BCUT2D eigenvalue weighted by atomic mass is 15.1. The highest BCUT2D eigenvalue weighted by Crippen LogP contribution is 2.26. The summed E-state index contributed by atoms with van der Waals surface area (Å²) in [6.45, 7) is 15.7. The van der Waals surface area contributed by atoms with Crippen molar-refractivity contribution >= 4 is 11.0 Å². The summed E-state index contributed by atoms with van der Waals surface area (Å²) in [5.41, 5.74) is 2.46. The van der Waals surface area contributed by atoms with Gasteiger partial charge in [-0.3, -0.25) is 0 Å². The number of fused-ring (bicyclic) bond motifs is 1. The van der Waals surface area contributed by atoms with E-state index >= 15 is 0 Å². The molecule has 0 bridgehead atoms. The zero-order chi connectivity index (χ0) is 15.5. The Balaban J connectivity index is 2.24. The van der Waals surface area contributed by atoms with Crippen LogP contribution < -0.4 is 0 Å². The van der Waals surface area contributed by atoms with Gasteiger partial charge in [-0.1, -0.05) is 46.8 Å². The third-order valence-corrected chi connectivity index (χ3v) is 4.08. The van der Waals surface area contributed by atoms with E-state index < -0.39 is 0 Å². The topological polar surface area (TPSA) is 21.1 Å². The lowest BCUT2D eigenvalue weighted by Gasteiger charge is -2.22. The second-order valence-corrected chi connectivity index (χ2v) is 6.71. The first-order chi connectivity index (χ1) is 9.97. The number of hydrogen-bond donors (Lipinski definition) is 0. The van der Waals surface area contributed by atoms with Gasteiger partial charge in [0.15, 0.2) is 0 Å². The molecule has 0 fully saturated rings. The molecule has 1 aromatic carbocycles. The highest BCUT2D eigenvalue weighted by molar-refractivity contribution is 5.76. The van der Waals surface area contributed by atoms with Crippen LogP contribution in [0.3, 0.4) is 0 Å². The number of aromatic nitrogens is 2. The SMILES string of the molecule is CCN(CC)CCCn1c(C(C)(C)C)nc2ccccc21. The fraction of sp³-hybridized carbons (Fsp3) is 0.611. The van der Waals surface area contributed by atoms with Crippen molar-refractivity contribution in [2.75, 3.05) is 19.6 Å². The van der Waals surface area contributed by atoms with E-state index in [-0.39, 0.29) is 5.41 Å². The fourth-order valence-electron chi connectivity index (χ4n) is 2.87. The maximum Gasteiger partial charge on any atom is 0.115 e. The maximum absolute atomic E-state index is 4.87. The van der Waals surface area contributed by atoms with E-state index in [2.05, 4.69) is 68.4 Å². The first-order valence-corrected chi connectivity index (χ1v) is 8.15. The molecule has 2 aromatic rings. The quantitative estimate of drug-likeness (QED) is 0.798. The van der Waals surface area contributed by atoms with Crippen molar-refractivity contribution in [2.24, 2.45) is 0 Å². The van der Waals surface area contributed by atoms with E-state index in [0.29, 0.717) is 0 Å². The van der Waals surface area contributed by atoms with Gasteiger partial charge >= 0.3 is 0 Å². The predicted molar refractivity (Wildman–Crippen MR) is 90.8 cm³/mol. The van der Waals surface area contributed by atoms with Crippen LogP contribution in [0.2, 0.25) is 0 Å². The fourth-order valence-corrected chi connectivity index (χ4v) is 2.87. The van der Waals surface area contributed by atoms with Crippen LogP contribution in [0.15, 0.2) is 24.3 Å². The third-order valence-electron chi connectivity index (χ3n) is 4.08. The molecule has 0 atom stereocenters. The van der Waals surface area contributed by atoms with Gasteiger partial charge in [0.2, 0.25) is 0 Å². The van der Waals surface area contributed by atoms with E-state index in [0.717, 1.165) is 31.7 Å². The monoisotopic (exact) mass is 287 g/mol. The standard InChI is InChI=1S/C18H29N3/c1-6-20(7-2)13-10-14-21-16-12-9-8-11-15(16)19-17(21)18(3,4)5/h8-9,11-12H,6-7,10,13-14H2,1-5H3. The normalized spacial score (nSPS) is 12.5. The van der Waals surface area contributed by atoms with Crippen LogP contribution in [0, 0.1) is 0 Å². The van der Waals surface area contributed by atoms with Gasteiger partial charge in [-0.05, 0) is 38.2 Å². The number of benzene rings is 1. The Morgan fingerprint density at radius 3 is 2.38 bits per heavy atom. The minimum Gasteiger partial charge on any atom is -0.327 e. The Bertz CT molecular complexity index is 574. The lowest BCUT2D eigenvalue weighted by molar-refractivity contribution is 0.292. The first kappa shape index (κ1) is 16.0. The molecule has 0 radical (unpaired) electrons. The van der Waals surface area contributed by atoms with Gasteiger partial charge in [-0.15, -0.1) is 0 Å². The van der Waals surface area contributed by atoms with Gasteiger partial charge in [0, 0.05) is 12.0 Å². The van der Waals surface area contributed by atoms with Crippen LogP contribution in [0.4, 0.5) is 0 Å². The van der Waals surface area contributed by atoms with E-state index in [4.69, 9.17) is 4.98 Å². The van der Waals surface area contributed by atoms with Crippen molar-refractivity contribution in [2.45, 2.75) is 53.0 Å². The van der Waals surface area contributed by atoms with Gasteiger partial charge in [0.1, 0.15) is 5.82 Å². The van der Waals surface area contributed by atoms with E-state index in [9.17, 15) is 0 Å². The Morgan fingerprint density at radius 2 is 1.76 bits per heavy atom. The number of imidazole rings is 1. The van der Waals surface area contributed by atoms with Crippen molar-refractivity contribution in [1.29, 1.82) is 0 Å². The molecule has 0 aliphatic carbocycles. The molecule has 116 valence electrons. The van der Waals surface area contributed by atoms with Crippen molar-refractivity contribution in [1.82, 2.24) is 14.5 Å². The van der Waals surface area contributed by atoms with Crippen molar-refractivity contribution in [3.63, 3.8) is 0 Å². The molecule has 0 N–H and O–H groups in total. The molecule has 0 amide bonds. The molecule has 0 aliphatic rings. The summed E-state index contributed by atoms with van der Waals surface area (Å²) in [6, 6.07) is 8.49. The lowest BCUT2D eigenvalue weighted by atomic mass is 9.95. The van der Waals surface area contributed by atoms with E-state index in [1.807, 2.05) is 0 Å². The van der Waals surface area contributed by atoms with E-state index in [1.54, 1.807) is 0 Å².